The Hall–Kier alpha value is -1.62. The second kappa shape index (κ2) is 6.20. The molecule has 1 rings (SSSR count). The number of nitrogens with one attached hydrogen (secondary N) is 1. The lowest BCUT2D eigenvalue weighted by atomic mass is 10.1. The number of amides is 1. The number of hydrogen-bond donors (Lipinski definition) is 3. The van der Waals surface area contributed by atoms with Gasteiger partial charge in [0.2, 0.25) is 0 Å². The maximum atomic E-state index is 13.4. The zero-order valence-corrected chi connectivity index (χ0v) is 9.74. The molecule has 4 nitrogen and oxygen atoms in total. The van der Waals surface area contributed by atoms with E-state index >= 15 is 0 Å². The first-order chi connectivity index (χ1) is 8.08. The van der Waals surface area contributed by atoms with Crippen LogP contribution >= 0.6 is 0 Å². The third-order valence-electron chi connectivity index (χ3n) is 2.54. The van der Waals surface area contributed by atoms with Gasteiger partial charge in [-0.1, -0.05) is 6.92 Å². The number of nitrogens with two attached hydrogens (primary N) is 1. The molecule has 0 radical (unpaired) electrons. The van der Waals surface area contributed by atoms with Crippen molar-refractivity contribution in [3.05, 3.63) is 29.6 Å². The van der Waals surface area contributed by atoms with E-state index in [9.17, 15) is 9.18 Å². The average molecular weight is 240 g/mol. The molecule has 0 aliphatic carbocycles. The maximum Gasteiger partial charge on any atom is 0.254 e. The second-order valence-corrected chi connectivity index (χ2v) is 3.82. The first kappa shape index (κ1) is 13.4. The van der Waals surface area contributed by atoms with E-state index in [2.05, 4.69) is 5.32 Å². The smallest absolute Gasteiger partial charge is 0.254 e. The summed E-state index contributed by atoms with van der Waals surface area (Å²) >= 11 is 0. The normalized spacial score (nSPS) is 12.2. The fourth-order valence-electron chi connectivity index (χ4n) is 1.53. The van der Waals surface area contributed by atoms with E-state index in [1.54, 1.807) is 0 Å². The highest BCUT2D eigenvalue weighted by Gasteiger charge is 2.15. The maximum absolute atomic E-state index is 13.4. The van der Waals surface area contributed by atoms with Gasteiger partial charge in [-0.3, -0.25) is 4.79 Å². The van der Waals surface area contributed by atoms with Crippen molar-refractivity contribution in [1.29, 1.82) is 0 Å². The van der Waals surface area contributed by atoms with Crippen LogP contribution in [0.1, 0.15) is 30.1 Å². The summed E-state index contributed by atoms with van der Waals surface area (Å²) in [4.78, 5) is 11.7. The zero-order valence-electron chi connectivity index (χ0n) is 9.74. The lowest BCUT2D eigenvalue weighted by molar-refractivity contribution is 0.0930. The molecule has 1 amide bonds. The van der Waals surface area contributed by atoms with Crippen LogP contribution in [0.3, 0.4) is 0 Å². The number of aromatic hydroxyl groups is 1. The molecule has 1 atom stereocenters. The zero-order chi connectivity index (χ0) is 12.8. The van der Waals surface area contributed by atoms with Crippen LogP contribution in [0.5, 0.6) is 5.75 Å². The first-order valence-electron chi connectivity index (χ1n) is 5.58. The summed E-state index contributed by atoms with van der Waals surface area (Å²) in [6.45, 7) is 2.39. The van der Waals surface area contributed by atoms with Crippen molar-refractivity contribution >= 4 is 5.91 Å². The van der Waals surface area contributed by atoms with Gasteiger partial charge in [-0.25, -0.2) is 4.39 Å². The topological polar surface area (TPSA) is 75.3 Å². The number of carbonyl (C=O) groups excluding carboxylic acids is 1. The van der Waals surface area contributed by atoms with Gasteiger partial charge in [-0.2, -0.15) is 0 Å². The van der Waals surface area contributed by atoms with Crippen molar-refractivity contribution in [3.8, 4) is 5.75 Å². The number of halogens is 1. The van der Waals surface area contributed by atoms with Crippen LogP contribution in [0.2, 0.25) is 0 Å². The number of hydrogen-bond acceptors (Lipinski definition) is 3. The number of phenolic OH excluding ortho intramolecular Hbond substituents is 1. The molecule has 1 aromatic carbocycles. The van der Waals surface area contributed by atoms with E-state index in [0.717, 1.165) is 12.5 Å². The predicted octanol–water partition coefficient (Wildman–Crippen LogP) is 1.39. The van der Waals surface area contributed by atoms with E-state index < -0.39 is 11.7 Å². The molecule has 0 bridgehead atoms. The number of rotatable bonds is 5. The number of phenols is 1. The van der Waals surface area contributed by atoms with Crippen molar-refractivity contribution in [2.75, 3.05) is 6.54 Å². The minimum Gasteiger partial charge on any atom is -0.508 e. The fraction of sp³-hybridized carbons (Fsp3) is 0.417. The second-order valence-electron chi connectivity index (χ2n) is 3.82. The predicted molar refractivity (Wildman–Crippen MR) is 63.3 cm³/mol. The standard InChI is InChI=1S/C12H17FN2O2/c1-2-8(5-6-14)15-12(17)10-4-3-9(16)7-11(10)13/h3-4,7-8,16H,2,5-6,14H2,1H3,(H,15,17). The number of benzene rings is 1. The highest BCUT2D eigenvalue weighted by atomic mass is 19.1. The summed E-state index contributed by atoms with van der Waals surface area (Å²) in [5, 5.41) is 11.7. The van der Waals surface area contributed by atoms with Crippen LogP contribution in [0.25, 0.3) is 0 Å². The lowest BCUT2D eigenvalue weighted by Crippen LogP contribution is -2.36. The quantitative estimate of drug-likeness (QED) is 0.728. The summed E-state index contributed by atoms with van der Waals surface area (Å²) in [5.74, 6) is -1.42. The summed E-state index contributed by atoms with van der Waals surface area (Å²) in [7, 11) is 0. The van der Waals surface area contributed by atoms with Crippen LogP contribution in [-0.4, -0.2) is 23.6 Å². The molecule has 0 saturated heterocycles. The summed E-state index contributed by atoms with van der Waals surface area (Å²) in [6.07, 6.45) is 1.39. The van der Waals surface area contributed by atoms with Crippen molar-refractivity contribution in [2.45, 2.75) is 25.8 Å². The molecule has 0 spiro atoms. The van der Waals surface area contributed by atoms with Gasteiger partial charge in [0.05, 0.1) is 5.56 Å². The fourth-order valence-corrected chi connectivity index (χ4v) is 1.53. The van der Waals surface area contributed by atoms with Crippen molar-refractivity contribution in [1.82, 2.24) is 5.32 Å². The Labute approximate surface area is 99.6 Å². The van der Waals surface area contributed by atoms with Gasteiger partial charge >= 0.3 is 0 Å². The lowest BCUT2D eigenvalue weighted by Gasteiger charge is -2.16. The molecule has 1 unspecified atom stereocenters. The van der Waals surface area contributed by atoms with E-state index in [0.29, 0.717) is 13.0 Å². The Balaban J connectivity index is 2.75. The Morgan fingerprint density at radius 1 is 1.59 bits per heavy atom. The van der Waals surface area contributed by atoms with Crippen molar-refractivity contribution < 1.29 is 14.3 Å². The van der Waals surface area contributed by atoms with E-state index in [1.807, 2.05) is 6.92 Å². The highest BCUT2D eigenvalue weighted by Crippen LogP contribution is 2.15. The Bertz CT molecular complexity index is 396. The number of carbonyl (C=O) groups is 1. The van der Waals surface area contributed by atoms with E-state index in [1.165, 1.54) is 12.1 Å². The van der Waals surface area contributed by atoms with Crippen LogP contribution < -0.4 is 11.1 Å². The van der Waals surface area contributed by atoms with Gasteiger partial charge in [0, 0.05) is 12.1 Å². The SMILES string of the molecule is CCC(CCN)NC(=O)c1ccc(O)cc1F. The largest absolute Gasteiger partial charge is 0.508 e. The summed E-state index contributed by atoms with van der Waals surface area (Å²) in [6, 6.07) is 3.40. The van der Waals surface area contributed by atoms with E-state index in [4.69, 9.17) is 10.8 Å². The highest BCUT2D eigenvalue weighted by molar-refractivity contribution is 5.94. The third-order valence-corrected chi connectivity index (χ3v) is 2.54. The molecule has 1 aromatic rings. The van der Waals surface area contributed by atoms with Crippen LogP contribution in [0.15, 0.2) is 18.2 Å². The molecule has 0 aliphatic heterocycles. The van der Waals surface area contributed by atoms with Crippen molar-refractivity contribution in [2.24, 2.45) is 5.73 Å². The molecular weight excluding hydrogens is 223 g/mol. The molecular formula is C12H17FN2O2. The molecule has 94 valence electrons. The minimum absolute atomic E-state index is 0.0549. The molecule has 0 heterocycles. The van der Waals surface area contributed by atoms with Gasteiger partial charge in [0.25, 0.3) is 5.91 Å². The van der Waals surface area contributed by atoms with Gasteiger partial charge in [0.1, 0.15) is 11.6 Å². The minimum atomic E-state index is -0.731. The van der Waals surface area contributed by atoms with Crippen LogP contribution in [-0.2, 0) is 0 Å². The van der Waals surface area contributed by atoms with Gasteiger partial charge in [-0.15, -0.1) is 0 Å². The Kier molecular flexibility index (Phi) is 4.90. The molecule has 0 aliphatic rings. The molecule has 0 aromatic heterocycles. The molecule has 4 N–H and O–H groups in total. The third kappa shape index (κ3) is 3.71. The molecule has 17 heavy (non-hydrogen) atoms. The van der Waals surface area contributed by atoms with Crippen LogP contribution in [0.4, 0.5) is 4.39 Å². The Morgan fingerprint density at radius 3 is 2.82 bits per heavy atom. The van der Waals surface area contributed by atoms with Gasteiger partial charge in [-0.05, 0) is 31.5 Å². The summed E-state index contributed by atoms with van der Waals surface area (Å²) < 4.78 is 13.4. The van der Waals surface area contributed by atoms with Gasteiger partial charge in [0.15, 0.2) is 0 Å². The van der Waals surface area contributed by atoms with E-state index in [-0.39, 0.29) is 17.4 Å². The van der Waals surface area contributed by atoms with Gasteiger partial charge < -0.3 is 16.2 Å². The molecule has 0 saturated carbocycles. The first-order valence-corrected chi connectivity index (χ1v) is 5.58. The Morgan fingerprint density at radius 2 is 2.29 bits per heavy atom. The summed E-state index contributed by atoms with van der Waals surface area (Å²) in [5.41, 5.74) is 5.34. The van der Waals surface area contributed by atoms with Crippen LogP contribution in [0, 0.1) is 5.82 Å². The monoisotopic (exact) mass is 240 g/mol. The van der Waals surface area contributed by atoms with Crippen molar-refractivity contribution in [3.63, 3.8) is 0 Å². The average Bonchev–Trinajstić information content (AvgIpc) is 2.28. The molecule has 5 heteroatoms. The molecule has 0 fully saturated rings.